The first-order valence-electron chi connectivity index (χ1n) is 12.2. The molecule has 2 fully saturated rings. The number of aryl methyl sites for hydroxylation is 2. The Morgan fingerprint density at radius 3 is 2.45 bits per heavy atom. The average molecular weight is 442 g/mol. The summed E-state index contributed by atoms with van der Waals surface area (Å²) in [6, 6.07) is 17.9. The van der Waals surface area contributed by atoms with Crippen molar-refractivity contribution in [3.63, 3.8) is 0 Å². The van der Waals surface area contributed by atoms with Crippen molar-refractivity contribution in [3.05, 3.63) is 65.6 Å². The van der Waals surface area contributed by atoms with Gasteiger partial charge in [-0.3, -0.25) is 0 Å². The molecule has 0 N–H and O–H groups in total. The van der Waals surface area contributed by atoms with E-state index in [0.717, 1.165) is 48.5 Å². The zero-order valence-electron chi connectivity index (χ0n) is 19.4. The Bertz CT molecular complexity index is 1250. The van der Waals surface area contributed by atoms with Crippen LogP contribution in [0.2, 0.25) is 0 Å². The predicted molar refractivity (Wildman–Crippen MR) is 129 cm³/mol. The number of rotatable bonds is 5. The molecule has 0 spiro atoms. The molecule has 0 bridgehead atoms. The molecule has 1 saturated carbocycles. The molecule has 2 aromatic carbocycles. The van der Waals surface area contributed by atoms with Gasteiger partial charge < -0.3 is 9.30 Å². The maximum atomic E-state index is 5.75. The minimum Gasteiger partial charge on any atom is -0.381 e. The fraction of sp³-hybridized carbons (Fsp3) is 0.444. The second-order valence-electron chi connectivity index (χ2n) is 9.62. The molecule has 6 nitrogen and oxygen atoms in total. The third-order valence-electron chi connectivity index (χ3n) is 7.59. The summed E-state index contributed by atoms with van der Waals surface area (Å²) in [6.45, 7) is 3.70. The maximum Gasteiger partial charge on any atom is 0.113 e. The van der Waals surface area contributed by atoms with E-state index in [9.17, 15) is 0 Å². The Labute approximate surface area is 194 Å². The summed E-state index contributed by atoms with van der Waals surface area (Å²) < 4.78 is 10.2. The highest BCUT2D eigenvalue weighted by atomic mass is 16.5. The average Bonchev–Trinajstić information content (AvgIpc) is 3.33. The molecule has 1 aliphatic carbocycles. The minimum atomic E-state index is 0.261. The summed E-state index contributed by atoms with van der Waals surface area (Å²) in [4.78, 5) is 5.24. The van der Waals surface area contributed by atoms with Gasteiger partial charge >= 0.3 is 0 Å². The van der Waals surface area contributed by atoms with E-state index in [2.05, 4.69) is 63.4 Å². The van der Waals surface area contributed by atoms with E-state index in [0.29, 0.717) is 11.8 Å². The minimum absolute atomic E-state index is 0.261. The van der Waals surface area contributed by atoms with Gasteiger partial charge in [-0.15, -0.1) is 5.10 Å². The summed E-state index contributed by atoms with van der Waals surface area (Å²) in [5.41, 5.74) is 6.83. The first-order chi connectivity index (χ1) is 16.2. The van der Waals surface area contributed by atoms with Crippen LogP contribution in [0, 0.1) is 12.8 Å². The van der Waals surface area contributed by atoms with Crippen LogP contribution in [0.25, 0.3) is 22.3 Å². The molecule has 33 heavy (non-hydrogen) atoms. The van der Waals surface area contributed by atoms with E-state index in [-0.39, 0.29) is 6.04 Å². The monoisotopic (exact) mass is 441 g/mol. The number of aromatic nitrogens is 5. The maximum absolute atomic E-state index is 5.75. The second-order valence-corrected chi connectivity index (χ2v) is 9.62. The predicted octanol–water partition coefficient (Wildman–Crippen LogP) is 5.42. The van der Waals surface area contributed by atoms with Gasteiger partial charge in [0.2, 0.25) is 0 Å². The molecular weight excluding hydrogens is 410 g/mol. The number of hydrogen-bond acceptors (Lipinski definition) is 4. The second kappa shape index (κ2) is 8.41. The normalized spacial score (nSPS) is 18.5. The van der Waals surface area contributed by atoms with E-state index in [1.54, 1.807) is 0 Å². The summed E-state index contributed by atoms with van der Waals surface area (Å²) in [7, 11) is 1.96. The SMILES string of the molecule is Cc1nnn(C)c1-c1ccc2nc(C3CCC3)n(C(c3ccccc3)C3CCOCC3)c2c1. The topological polar surface area (TPSA) is 57.8 Å². The quantitative estimate of drug-likeness (QED) is 0.415. The number of benzene rings is 2. The molecule has 2 aromatic heterocycles. The first-order valence-corrected chi connectivity index (χ1v) is 12.2. The lowest BCUT2D eigenvalue weighted by atomic mass is 9.83. The van der Waals surface area contributed by atoms with Crippen molar-refractivity contribution in [3.8, 4) is 11.3 Å². The van der Waals surface area contributed by atoms with Gasteiger partial charge in [0.25, 0.3) is 0 Å². The molecule has 6 heteroatoms. The van der Waals surface area contributed by atoms with Crippen LogP contribution in [0.4, 0.5) is 0 Å². The Kier molecular flexibility index (Phi) is 5.25. The van der Waals surface area contributed by atoms with E-state index in [4.69, 9.17) is 9.72 Å². The van der Waals surface area contributed by atoms with Crippen LogP contribution < -0.4 is 0 Å². The lowest BCUT2D eigenvalue weighted by Crippen LogP contribution is -2.29. The zero-order chi connectivity index (χ0) is 22.4. The van der Waals surface area contributed by atoms with Crippen LogP contribution in [0.15, 0.2) is 48.5 Å². The summed E-state index contributed by atoms with van der Waals surface area (Å²) in [6.07, 6.45) is 5.92. The largest absolute Gasteiger partial charge is 0.381 e. The highest BCUT2D eigenvalue weighted by Gasteiger charge is 2.34. The Morgan fingerprint density at radius 1 is 1.00 bits per heavy atom. The highest BCUT2D eigenvalue weighted by molar-refractivity contribution is 5.83. The fourth-order valence-electron chi connectivity index (χ4n) is 5.68. The molecule has 4 aromatic rings. The van der Waals surface area contributed by atoms with Crippen molar-refractivity contribution in [2.75, 3.05) is 13.2 Å². The summed E-state index contributed by atoms with van der Waals surface area (Å²) in [5, 5.41) is 8.52. The zero-order valence-corrected chi connectivity index (χ0v) is 19.4. The molecule has 6 rings (SSSR count). The summed E-state index contributed by atoms with van der Waals surface area (Å²) in [5.74, 6) is 2.33. The smallest absolute Gasteiger partial charge is 0.113 e. The molecule has 3 heterocycles. The van der Waals surface area contributed by atoms with Gasteiger partial charge in [0.05, 0.1) is 28.5 Å². The highest BCUT2D eigenvalue weighted by Crippen LogP contribution is 2.43. The van der Waals surface area contributed by atoms with Crippen LogP contribution in [0.5, 0.6) is 0 Å². The van der Waals surface area contributed by atoms with E-state index < -0.39 is 0 Å². The molecule has 0 radical (unpaired) electrons. The molecule has 170 valence electrons. The number of imidazole rings is 1. The van der Waals surface area contributed by atoms with Crippen molar-refractivity contribution in [2.24, 2.45) is 13.0 Å². The van der Waals surface area contributed by atoms with Crippen molar-refractivity contribution in [1.82, 2.24) is 24.5 Å². The molecular formula is C27H31N5O. The van der Waals surface area contributed by atoms with Gasteiger partial charge in [0.1, 0.15) is 5.82 Å². The van der Waals surface area contributed by atoms with Gasteiger partial charge in [0, 0.05) is 31.7 Å². The van der Waals surface area contributed by atoms with Crippen molar-refractivity contribution >= 4 is 11.0 Å². The number of fused-ring (bicyclic) bond motifs is 1. The third kappa shape index (κ3) is 3.57. The number of hydrogen-bond donors (Lipinski definition) is 0. The van der Waals surface area contributed by atoms with Gasteiger partial charge in [0.15, 0.2) is 0 Å². The fourth-order valence-corrected chi connectivity index (χ4v) is 5.68. The van der Waals surface area contributed by atoms with Gasteiger partial charge in [-0.25, -0.2) is 9.67 Å². The van der Waals surface area contributed by atoms with E-state index in [1.165, 1.54) is 36.2 Å². The van der Waals surface area contributed by atoms with Crippen LogP contribution >= 0.6 is 0 Å². The van der Waals surface area contributed by atoms with E-state index >= 15 is 0 Å². The standard InChI is InChI=1S/C27H31N5O/c1-18-25(31(2)30-29-18)22-11-12-23-24(17-22)32(27(28-23)21-9-6-10-21)26(19-7-4-3-5-8-19)20-13-15-33-16-14-20/h3-5,7-8,11-12,17,20-21,26H,6,9-10,13-16H2,1-2H3. The molecule has 1 atom stereocenters. The van der Waals surface area contributed by atoms with Gasteiger partial charge in [-0.1, -0.05) is 48.0 Å². The van der Waals surface area contributed by atoms with Crippen LogP contribution in [0.1, 0.15) is 61.1 Å². The third-order valence-corrected chi connectivity index (χ3v) is 7.59. The lowest BCUT2D eigenvalue weighted by Gasteiger charge is -2.35. The Balaban J connectivity index is 1.58. The van der Waals surface area contributed by atoms with Crippen LogP contribution in [-0.2, 0) is 11.8 Å². The number of ether oxygens (including phenoxy) is 1. The van der Waals surface area contributed by atoms with E-state index in [1.807, 2.05) is 18.7 Å². The molecule has 1 saturated heterocycles. The number of nitrogens with zero attached hydrogens (tertiary/aromatic N) is 5. The van der Waals surface area contributed by atoms with Gasteiger partial charge in [-0.2, -0.15) is 0 Å². The first kappa shape index (κ1) is 20.6. The molecule has 0 amide bonds. The van der Waals surface area contributed by atoms with Gasteiger partial charge in [-0.05, 0) is 56.2 Å². The molecule has 2 aliphatic rings. The van der Waals surface area contributed by atoms with Crippen molar-refractivity contribution in [1.29, 1.82) is 0 Å². The summed E-state index contributed by atoms with van der Waals surface area (Å²) >= 11 is 0. The molecule has 1 unspecified atom stereocenters. The lowest BCUT2D eigenvalue weighted by molar-refractivity contribution is 0.0541. The van der Waals surface area contributed by atoms with Crippen LogP contribution in [0.3, 0.4) is 0 Å². The Hall–Kier alpha value is -2.99. The van der Waals surface area contributed by atoms with Crippen LogP contribution in [-0.4, -0.2) is 37.8 Å². The Morgan fingerprint density at radius 2 is 1.79 bits per heavy atom. The van der Waals surface area contributed by atoms with Crippen molar-refractivity contribution < 1.29 is 4.74 Å². The molecule has 1 aliphatic heterocycles. The van der Waals surface area contributed by atoms with Crippen molar-refractivity contribution in [2.45, 2.75) is 51.0 Å².